The predicted octanol–water partition coefficient (Wildman–Crippen LogP) is 2.86. The highest BCUT2D eigenvalue weighted by molar-refractivity contribution is 5.85. The van der Waals surface area contributed by atoms with Gasteiger partial charge >= 0.3 is 5.97 Å². The number of benzene rings is 1. The molecule has 0 radical (unpaired) electrons. The van der Waals surface area contributed by atoms with Gasteiger partial charge in [0.25, 0.3) is 5.69 Å². The molecule has 0 unspecified atom stereocenters. The normalized spacial score (nSPS) is 13.6. The summed E-state index contributed by atoms with van der Waals surface area (Å²) in [5.74, 6) is -0.557. The van der Waals surface area contributed by atoms with Crippen LogP contribution in [0.4, 0.5) is 11.5 Å². The zero-order valence-corrected chi connectivity index (χ0v) is 12.3. The largest absolute Gasteiger partial charge is 0.477 e. The minimum atomic E-state index is -1.09. The third-order valence-corrected chi connectivity index (χ3v) is 3.76. The Morgan fingerprint density at radius 2 is 2.00 bits per heavy atom. The quantitative estimate of drug-likeness (QED) is 0.650. The number of aromatic carboxylic acids is 1. The van der Waals surface area contributed by atoms with Crippen LogP contribution in [0, 0.1) is 10.1 Å². The number of nitrogens with zero attached hydrogens (tertiary/aromatic N) is 3. The highest BCUT2D eigenvalue weighted by Crippen LogP contribution is 2.33. The maximum atomic E-state index is 11.2. The Morgan fingerprint density at radius 1 is 1.26 bits per heavy atom. The highest BCUT2D eigenvalue weighted by atomic mass is 16.6. The molecule has 118 valence electrons. The van der Waals surface area contributed by atoms with Crippen molar-refractivity contribution in [2.75, 3.05) is 4.90 Å². The standard InChI is InChI=1S/C16H15N3O4/c20-16(21)13-5-3-7-15(17-13)18(12-8-9-12)10-11-4-1-2-6-14(11)19(22)23/h1-7,12H,8-10H2,(H,20,21). The molecule has 1 N–H and O–H groups in total. The van der Waals surface area contributed by atoms with E-state index in [4.69, 9.17) is 5.11 Å². The van der Waals surface area contributed by atoms with Gasteiger partial charge in [-0.1, -0.05) is 24.3 Å². The number of carbonyl (C=O) groups is 1. The van der Waals surface area contributed by atoms with Crippen LogP contribution in [-0.2, 0) is 6.54 Å². The summed E-state index contributed by atoms with van der Waals surface area (Å²) < 4.78 is 0. The lowest BCUT2D eigenvalue weighted by Gasteiger charge is -2.23. The van der Waals surface area contributed by atoms with E-state index in [-0.39, 0.29) is 17.4 Å². The molecule has 3 rings (SSSR count). The Hall–Kier alpha value is -2.96. The van der Waals surface area contributed by atoms with E-state index in [0.717, 1.165) is 12.8 Å². The van der Waals surface area contributed by atoms with Crippen molar-refractivity contribution in [1.82, 2.24) is 4.98 Å². The molecule has 1 aliphatic rings. The molecule has 1 heterocycles. The minimum absolute atomic E-state index is 0.0317. The fourth-order valence-electron chi connectivity index (χ4n) is 2.49. The van der Waals surface area contributed by atoms with Gasteiger partial charge in [-0.05, 0) is 25.0 Å². The van der Waals surface area contributed by atoms with Crippen LogP contribution in [0.1, 0.15) is 28.9 Å². The van der Waals surface area contributed by atoms with Crippen molar-refractivity contribution in [3.05, 3.63) is 63.8 Å². The molecule has 1 saturated carbocycles. The van der Waals surface area contributed by atoms with Crippen molar-refractivity contribution < 1.29 is 14.8 Å². The van der Waals surface area contributed by atoms with Gasteiger partial charge in [-0.15, -0.1) is 0 Å². The van der Waals surface area contributed by atoms with Crippen molar-refractivity contribution in [2.45, 2.75) is 25.4 Å². The van der Waals surface area contributed by atoms with E-state index in [1.807, 2.05) is 4.90 Å². The third-order valence-electron chi connectivity index (χ3n) is 3.76. The van der Waals surface area contributed by atoms with Crippen LogP contribution in [-0.4, -0.2) is 27.0 Å². The van der Waals surface area contributed by atoms with Gasteiger partial charge in [-0.25, -0.2) is 9.78 Å². The first kappa shape index (κ1) is 15.0. The molecule has 0 aliphatic heterocycles. The third kappa shape index (κ3) is 3.28. The van der Waals surface area contributed by atoms with Gasteiger partial charge in [0.2, 0.25) is 0 Å². The van der Waals surface area contributed by atoms with E-state index in [2.05, 4.69) is 4.98 Å². The van der Waals surface area contributed by atoms with Crippen LogP contribution in [0.15, 0.2) is 42.5 Å². The summed E-state index contributed by atoms with van der Waals surface area (Å²) in [6.07, 6.45) is 1.94. The average Bonchev–Trinajstić information content (AvgIpc) is 3.37. The predicted molar refractivity (Wildman–Crippen MR) is 83.5 cm³/mol. The fourth-order valence-corrected chi connectivity index (χ4v) is 2.49. The van der Waals surface area contributed by atoms with E-state index >= 15 is 0 Å². The molecule has 7 heteroatoms. The van der Waals surface area contributed by atoms with Gasteiger partial charge in [-0.2, -0.15) is 0 Å². The van der Waals surface area contributed by atoms with Crippen molar-refractivity contribution in [2.24, 2.45) is 0 Å². The number of nitro groups is 1. The van der Waals surface area contributed by atoms with E-state index in [1.165, 1.54) is 12.1 Å². The number of para-hydroxylation sites is 1. The first-order valence-electron chi connectivity index (χ1n) is 7.25. The smallest absolute Gasteiger partial charge is 0.354 e. The second-order valence-corrected chi connectivity index (χ2v) is 5.43. The van der Waals surface area contributed by atoms with E-state index in [1.54, 1.807) is 30.3 Å². The van der Waals surface area contributed by atoms with E-state index < -0.39 is 10.9 Å². The number of aromatic nitrogens is 1. The molecule has 2 aromatic rings. The maximum Gasteiger partial charge on any atom is 0.354 e. The van der Waals surface area contributed by atoms with Crippen molar-refractivity contribution in [1.29, 1.82) is 0 Å². The molecule has 0 amide bonds. The second kappa shape index (κ2) is 6.04. The summed E-state index contributed by atoms with van der Waals surface area (Å²) in [5.41, 5.74) is 0.621. The SMILES string of the molecule is O=C(O)c1cccc(N(Cc2ccccc2[N+](=O)[O-])C2CC2)n1. The molecule has 0 atom stereocenters. The number of hydrogen-bond acceptors (Lipinski definition) is 5. The van der Waals surface area contributed by atoms with Gasteiger partial charge in [0.05, 0.1) is 11.5 Å². The van der Waals surface area contributed by atoms with Gasteiger partial charge in [0, 0.05) is 17.7 Å². The van der Waals surface area contributed by atoms with Crippen molar-refractivity contribution >= 4 is 17.5 Å². The lowest BCUT2D eigenvalue weighted by molar-refractivity contribution is -0.385. The summed E-state index contributed by atoms with van der Waals surface area (Å²) in [4.78, 5) is 28.0. The highest BCUT2D eigenvalue weighted by Gasteiger charge is 2.31. The van der Waals surface area contributed by atoms with Crippen LogP contribution in [0.25, 0.3) is 0 Å². The van der Waals surface area contributed by atoms with Crippen LogP contribution < -0.4 is 4.90 Å². The molecule has 0 saturated heterocycles. The topological polar surface area (TPSA) is 96.6 Å². The summed E-state index contributed by atoms with van der Waals surface area (Å²) in [7, 11) is 0. The molecule has 1 fully saturated rings. The molecule has 7 nitrogen and oxygen atoms in total. The Labute approximate surface area is 132 Å². The molecule has 1 aromatic heterocycles. The molecule has 1 aromatic carbocycles. The number of hydrogen-bond donors (Lipinski definition) is 1. The Bertz CT molecular complexity index is 758. The van der Waals surface area contributed by atoms with Gasteiger partial charge < -0.3 is 10.0 Å². The second-order valence-electron chi connectivity index (χ2n) is 5.43. The van der Waals surface area contributed by atoms with Gasteiger partial charge in [-0.3, -0.25) is 10.1 Å². The molecular weight excluding hydrogens is 298 g/mol. The minimum Gasteiger partial charge on any atom is -0.477 e. The van der Waals surface area contributed by atoms with Crippen LogP contribution in [0.2, 0.25) is 0 Å². The zero-order valence-electron chi connectivity index (χ0n) is 12.3. The maximum absolute atomic E-state index is 11.2. The van der Waals surface area contributed by atoms with Crippen LogP contribution in [0.5, 0.6) is 0 Å². The van der Waals surface area contributed by atoms with Crippen molar-refractivity contribution in [3.63, 3.8) is 0 Å². The Balaban J connectivity index is 1.93. The number of rotatable bonds is 6. The Morgan fingerprint density at radius 3 is 2.65 bits per heavy atom. The number of pyridine rings is 1. The first-order chi connectivity index (χ1) is 11.1. The van der Waals surface area contributed by atoms with Crippen molar-refractivity contribution in [3.8, 4) is 0 Å². The number of carboxylic acids is 1. The first-order valence-corrected chi connectivity index (χ1v) is 7.25. The summed E-state index contributed by atoms with van der Waals surface area (Å²) in [5, 5.41) is 20.2. The number of nitro benzene ring substituents is 1. The number of carboxylic acid groups (broad SMARTS) is 1. The summed E-state index contributed by atoms with van der Waals surface area (Å²) in [6.45, 7) is 0.331. The van der Waals surface area contributed by atoms with Gasteiger partial charge in [0.15, 0.2) is 5.69 Å². The summed E-state index contributed by atoms with van der Waals surface area (Å²) >= 11 is 0. The summed E-state index contributed by atoms with van der Waals surface area (Å²) in [6, 6.07) is 11.6. The van der Waals surface area contributed by atoms with Gasteiger partial charge in [0.1, 0.15) is 5.82 Å². The molecule has 0 bridgehead atoms. The van der Waals surface area contributed by atoms with E-state index in [9.17, 15) is 14.9 Å². The lowest BCUT2D eigenvalue weighted by atomic mass is 10.1. The van der Waals surface area contributed by atoms with Crippen LogP contribution in [0.3, 0.4) is 0 Å². The molecule has 23 heavy (non-hydrogen) atoms. The fraction of sp³-hybridized carbons (Fsp3) is 0.250. The lowest BCUT2D eigenvalue weighted by Crippen LogP contribution is -2.26. The zero-order chi connectivity index (χ0) is 16.4. The monoisotopic (exact) mass is 313 g/mol. The number of anilines is 1. The Kier molecular flexibility index (Phi) is 3.92. The van der Waals surface area contributed by atoms with Crippen LogP contribution >= 0.6 is 0 Å². The molecule has 0 spiro atoms. The molecule has 1 aliphatic carbocycles. The van der Waals surface area contributed by atoms with E-state index in [0.29, 0.717) is 17.9 Å². The molecular formula is C16H15N3O4. The average molecular weight is 313 g/mol.